The molecule has 2 heterocycles. The Labute approximate surface area is 105 Å². The highest BCUT2D eigenvalue weighted by Crippen LogP contribution is 2.13. The molecule has 0 aromatic carbocycles. The first-order valence-corrected chi connectivity index (χ1v) is 5.56. The van der Waals surface area contributed by atoms with Gasteiger partial charge in [0.05, 0.1) is 5.56 Å². The fraction of sp³-hybridized carbons (Fsp3) is 0.250. The summed E-state index contributed by atoms with van der Waals surface area (Å²) in [5.74, 6) is 0.251. The van der Waals surface area contributed by atoms with E-state index < -0.39 is 0 Å². The van der Waals surface area contributed by atoms with Gasteiger partial charge in [0.1, 0.15) is 0 Å². The van der Waals surface area contributed by atoms with Crippen molar-refractivity contribution < 1.29 is 4.79 Å². The van der Waals surface area contributed by atoms with Gasteiger partial charge in [0.25, 0.3) is 5.91 Å². The number of hydrogen-bond acceptors (Lipinski definition) is 4. The summed E-state index contributed by atoms with van der Waals surface area (Å²) in [6.07, 6.45) is 3.32. The van der Waals surface area contributed by atoms with Crippen molar-refractivity contribution in [1.29, 1.82) is 0 Å². The predicted octanol–water partition coefficient (Wildman–Crippen LogP) is 0.835. The van der Waals surface area contributed by atoms with Crippen molar-refractivity contribution in [2.24, 2.45) is 12.8 Å². The molecule has 6 nitrogen and oxygen atoms in total. The van der Waals surface area contributed by atoms with Gasteiger partial charge in [-0.25, -0.2) is 0 Å². The number of aryl methyl sites for hydroxylation is 2. The molecule has 0 aliphatic carbocycles. The lowest BCUT2D eigenvalue weighted by molar-refractivity contribution is 0.102. The number of hydrogen-bond donors (Lipinski definition) is 2. The van der Waals surface area contributed by atoms with Crippen molar-refractivity contribution in [3.63, 3.8) is 0 Å². The molecule has 0 unspecified atom stereocenters. The number of nitrogens with two attached hydrogens (primary N) is 1. The van der Waals surface area contributed by atoms with Gasteiger partial charge in [0, 0.05) is 37.2 Å². The molecule has 0 bridgehead atoms. The molecule has 1 amide bonds. The number of aromatic nitrogens is 3. The van der Waals surface area contributed by atoms with Gasteiger partial charge < -0.3 is 11.1 Å². The van der Waals surface area contributed by atoms with E-state index in [-0.39, 0.29) is 5.91 Å². The second-order valence-corrected chi connectivity index (χ2v) is 4.02. The number of anilines is 1. The molecule has 2 aromatic rings. The number of rotatable bonds is 3. The van der Waals surface area contributed by atoms with E-state index in [0.717, 1.165) is 11.3 Å². The van der Waals surface area contributed by atoms with Crippen LogP contribution in [0.5, 0.6) is 0 Å². The summed E-state index contributed by atoms with van der Waals surface area (Å²) in [7, 11) is 1.78. The summed E-state index contributed by atoms with van der Waals surface area (Å²) in [6, 6.07) is 3.51. The highest BCUT2D eigenvalue weighted by atomic mass is 16.1. The van der Waals surface area contributed by atoms with Crippen LogP contribution in [0.2, 0.25) is 0 Å². The van der Waals surface area contributed by atoms with Gasteiger partial charge in [-0.2, -0.15) is 5.10 Å². The molecule has 0 radical (unpaired) electrons. The Hall–Kier alpha value is -2.21. The van der Waals surface area contributed by atoms with Crippen LogP contribution in [0, 0.1) is 6.92 Å². The number of amides is 1. The van der Waals surface area contributed by atoms with Gasteiger partial charge in [0.2, 0.25) is 0 Å². The SMILES string of the molecule is Cc1ccc(C(=O)Nc2nn(C)cc2CN)cn1. The minimum atomic E-state index is -0.240. The van der Waals surface area contributed by atoms with Gasteiger partial charge in [-0.05, 0) is 19.1 Å². The predicted molar refractivity (Wildman–Crippen MR) is 68.0 cm³/mol. The monoisotopic (exact) mass is 245 g/mol. The Kier molecular flexibility index (Phi) is 3.38. The lowest BCUT2D eigenvalue weighted by atomic mass is 10.2. The first-order chi connectivity index (χ1) is 8.60. The Morgan fingerprint density at radius 3 is 2.89 bits per heavy atom. The summed E-state index contributed by atoms with van der Waals surface area (Å²) >= 11 is 0. The highest BCUT2D eigenvalue weighted by molar-refractivity contribution is 6.03. The zero-order chi connectivity index (χ0) is 13.1. The fourth-order valence-corrected chi connectivity index (χ4v) is 1.57. The average Bonchev–Trinajstić information content (AvgIpc) is 2.70. The van der Waals surface area contributed by atoms with E-state index in [1.165, 1.54) is 6.20 Å². The van der Waals surface area contributed by atoms with Crippen molar-refractivity contribution in [3.8, 4) is 0 Å². The van der Waals surface area contributed by atoms with E-state index in [9.17, 15) is 4.79 Å². The van der Waals surface area contributed by atoms with E-state index in [2.05, 4.69) is 15.4 Å². The van der Waals surface area contributed by atoms with Crippen molar-refractivity contribution in [1.82, 2.24) is 14.8 Å². The van der Waals surface area contributed by atoms with E-state index in [1.807, 2.05) is 6.92 Å². The number of nitrogens with zero attached hydrogens (tertiary/aromatic N) is 3. The minimum Gasteiger partial charge on any atom is -0.326 e. The van der Waals surface area contributed by atoms with Gasteiger partial charge in [0.15, 0.2) is 5.82 Å². The zero-order valence-corrected chi connectivity index (χ0v) is 10.3. The second-order valence-electron chi connectivity index (χ2n) is 4.02. The molecule has 2 aromatic heterocycles. The first kappa shape index (κ1) is 12.3. The summed E-state index contributed by atoms with van der Waals surface area (Å²) in [4.78, 5) is 16.0. The van der Waals surface area contributed by atoms with Crippen molar-refractivity contribution in [2.75, 3.05) is 5.32 Å². The molecule has 0 aliphatic rings. The molecule has 2 rings (SSSR count). The van der Waals surface area contributed by atoms with Crippen LogP contribution in [0.25, 0.3) is 0 Å². The summed E-state index contributed by atoms with van der Waals surface area (Å²) < 4.78 is 1.62. The molecule has 3 N–H and O–H groups in total. The maximum absolute atomic E-state index is 12.0. The third-order valence-electron chi connectivity index (χ3n) is 2.53. The van der Waals surface area contributed by atoms with Crippen LogP contribution in [-0.4, -0.2) is 20.7 Å². The van der Waals surface area contributed by atoms with Crippen molar-refractivity contribution >= 4 is 11.7 Å². The minimum absolute atomic E-state index is 0.240. The van der Waals surface area contributed by atoms with Crippen LogP contribution in [0.1, 0.15) is 21.6 Å². The number of carbonyl (C=O) groups is 1. The quantitative estimate of drug-likeness (QED) is 0.838. The molecule has 94 valence electrons. The topological polar surface area (TPSA) is 85.8 Å². The number of nitrogens with one attached hydrogen (secondary N) is 1. The van der Waals surface area contributed by atoms with Crippen LogP contribution in [0.4, 0.5) is 5.82 Å². The highest BCUT2D eigenvalue weighted by Gasteiger charge is 2.11. The van der Waals surface area contributed by atoms with Crippen LogP contribution >= 0.6 is 0 Å². The molecule has 18 heavy (non-hydrogen) atoms. The fourth-order valence-electron chi connectivity index (χ4n) is 1.57. The standard InChI is InChI=1S/C12H15N5O/c1-8-3-4-9(6-14-8)12(18)15-11-10(5-13)7-17(2)16-11/h3-4,6-7H,5,13H2,1-2H3,(H,15,16,18). The normalized spacial score (nSPS) is 10.4. The van der Waals surface area contributed by atoms with Gasteiger partial charge in [-0.3, -0.25) is 14.5 Å². The maximum atomic E-state index is 12.0. The number of pyridine rings is 1. The van der Waals surface area contributed by atoms with Gasteiger partial charge in [-0.15, -0.1) is 0 Å². The Morgan fingerprint density at radius 2 is 2.28 bits per heavy atom. The van der Waals surface area contributed by atoms with Crippen LogP contribution in [0.3, 0.4) is 0 Å². The number of carbonyl (C=O) groups excluding carboxylic acids is 1. The Balaban J connectivity index is 2.18. The molecule has 0 spiro atoms. The molecular formula is C12H15N5O. The smallest absolute Gasteiger partial charge is 0.258 e. The lowest BCUT2D eigenvalue weighted by Gasteiger charge is -2.03. The second kappa shape index (κ2) is 4.97. The molecule has 0 saturated carbocycles. The third kappa shape index (κ3) is 2.54. The van der Waals surface area contributed by atoms with Crippen LogP contribution in [0.15, 0.2) is 24.5 Å². The average molecular weight is 245 g/mol. The van der Waals surface area contributed by atoms with E-state index in [1.54, 1.807) is 30.1 Å². The Bertz CT molecular complexity index is 558. The van der Waals surface area contributed by atoms with Crippen molar-refractivity contribution in [2.45, 2.75) is 13.5 Å². The molecule has 0 atom stereocenters. The van der Waals surface area contributed by atoms with Gasteiger partial charge in [-0.1, -0.05) is 0 Å². The van der Waals surface area contributed by atoms with E-state index in [0.29, 0.717) is 17.9 Å². The molecule has 0 saturated heterocycles. The van der Waals surface area contributed by atoms with E-state index in [4.69, 9.17) is 5.73 Å². The summed E-state index contributed by atoms with van der Waals surface area (Å²) in [6.45, 7) is 2.20. The third-order valence-corrected chi connectivity index (χ3v) is 2.53. The van der Waals surface area contributed by atoms with Crippen molar-refractivity contribution in [3.05, 3.63) is 41.3 Å². The molecule has 0 fully saturated rings. The molecule has 6 heteroatoms. The zero-order valence-electron chi connectivity index (χ0n) is 10.3. The summed E-state index contributed by atoms with van der Waals surface area (Å²) in [5, 5.41) is 6.88. The summed E-state index contributed by atoms with van der Waals surface area (Å²) in [5.41, 5.74) is 7.74. The van der Waals surface area contributed by atoms with E-state index >= 15 is 0 Å². The first-order valence-electron chi connectivity index (χ1n) is 5.56. The van der Waals surface area contributed by atoms with Gasteiger partial charge >= 0.3 is 0 Å². The van der Waals surface area contributed by atoms with Crippen LogP contribution in [-0.2, 0) is 13.6 Å². The maximum Gasteiger partial charge on any atom is 0.258 e. The Morgan fingerprint density at radius 1 is 1.50 bits per heavy atom. The molecule has 0 aliphatic heterocycles. The largest absolute Gasteiger partial charge is 0.326 e. The molecular weight excluding hydrogens is 230 g/mol. The van der Waals surface area contributed by atoms with Crippen LogP contribution < -0.4 is 11.1 Å². The lowest BCUT2D eigenvalue weighted by Crippen LogP contribution is -2.14.